The minimum Gasteiger partial charge on any atom is -0.481 e. The van der Waals surface area contributed by atoms with E-state index in [4.69, 9.17) is 15.3 Å². The summed E-state index contributed by atoms with van der Waals surface area (Å²) in [6.45, 7) is -0.722. The lowest BCUT2D eigenvalue weighted by atomic mass is 10.2. The zero-order valence-corrected chi connectivity index (χ0v) is 12.3. The highest BCUT2D eigenvalue weighted by molar-refractivity contribution is 7.91. The van der Waals surface area contributed by atoms with Gasteiger partial charge in [-0.25, -0.2) is 13.2 Å². The van der Waals surface area contributed by atoms with Crippen LogP contribution in [0, 0.1) is 0 Å². The number of hydrogen-bond donors (Lipinski definition) is 3. The Morgan fingerprint density at radius 2 is 1.76 bits per heavy atom. The maximum atomic E-state index is 12.3. The van der Waals surface area contributed by atoms with Crippen molar-refractivity contribution in [1.82, 2.24) is 9.80 Å². The van der Waals surface area contributed by atoms with E-state index in [2.05, 4.69) is 0 Å². The van der Waals surface area contributed by atoms with Crippen molar-refractivity contribution in [2.45, 2.75) is 12.5 Å². The molecule has 0 spiro atoms. The Hall–Kier alpha value is -1.39. The maximum Gasteiger partial charge on any atom is 0.320 e. The maximum absolute atomic E-state index is 12.3. The molecule has 0 aromatic rings. The fraction of sp³-hybridized carbons (Fsp3) is 0.818. The number of aliphatic hydroxyl groups is 2. The van der Waals surface area contributed by atoms with Crippen molar-refractivity contribution in [3.8, 4) is 0 Å². The van der Waals surface area contributed by atoms with Crippen LogP contribution in [-0.2, 0) is 14.6 Å². The quantitative estimate of drug-likeness (QED) is 0.512. The minimum absolute atomic E-state index is 0.0115. The Morgan fingerprint density at radius 3 is 2.24 bits per heavy atom. The van der Waals surface area contributed by atoms with Crippen molar-refractivity contribution in [3.63, 3.8) is 0 Å². The number of carboxylic acids is 1. The van der Waals surface area contributed by atoms with E-state index in [9.17, 15) is 18.0 Å². The van der Waals surface area contributed by atoms with Gasteiger partial charge in [-0.15, -0.1) is 0 Å². The van der Waals surface area contributed by atoms with Crippen LogP contribution in [0.5, 0.6) is 0 Å². The SMILES string of the molecule is O=C(O)CC1CS(=O)(=O)CCN1C(=O)N(CCO)CCO. The molecular formula is C11H20N2O7S. The highest BCUT2D eigenvalue weighted by Crippen LogP contribution is 2.17. The predicted octanol–water partition coefficient (Wildman–Crippen LogP) is -2.03. The molecule has 0 aliphatic carbocycles. The van der Waals surface area contributed by atoms with Gasteiger partial charge in [0, 0.05) is 19.6 Å². The molecule has 1 fully saturated rings. The van der Waals surface area contributed by atoms with Gasteiger partial charge in [0.1, 0.15) is 0 Å². The van der Waals surface area contributed by atoms with Crippen molar-refractivity contribution in [1.29, 1.82) is 0 Å². The normalized spacial score (nSPS) is 21.0. The molecule has 122 valence electrons. The summed E-state index contributed by atoms with van der Waals surface area (Å²) in [5, 5.41) is 26.7. The molecule has 1 aliphatic rings. The summed E-state index contributed by atoms with van der Waals surface area (Å²) in [5.74, 6) is -1.80. The van der Waals surface area contributed by atoms with Gasteiger partial charge >= 0.3 is 12.0 Å². The number of carbonyl (C=O) groups is 2. The first kappa shape index (κ1) is 17.7. The van der Waals surface area contributed by atoms with Gasteiger partial charge in [-0.05, 0) is 0 Å². The summed E-state index contributed by atoms with van der Waals surface area (Å²) in [6, 6.07) is -1.51. The van der Waals surface area contributed by atoms with Crippen molar-refractivity contribution in [2.24, 2.45) is 0 Å². The van der Waals surface area contributed by atoms with Crippen LogP contribution in [0.1, 0.15) is 6.42 Å². The van der Waals surface area contributed by atoms with E-state index in [0.717, 1.165) is 0 Å². The van der Waals surface area contributed by atoms with Gasteiger partial charge in [0.25, 0.3) is 0 Å². The van der Waals surface area contributed by atoms with Crippen LogP contribution >= 0.6 is 0 Å². The summed E-state index contributed by atoms with van der Waals surface area (Å²) in [6.07, 6.45) is -0.461. The topological polar surface area (TPSA) is 135 Å². The Balaban J connectivity index is 2.89. The second-order valence-corrected chi connectivity index (χ2v) is 7.00. The van der Waals surface area contributed by atoms with Crippen LogP contribution in [0.25, 0.3) is 0 Å². The van der Waals surface area contributed by atoms with E-state index >= 15 is 0 Å². The lowest BCUT2D eigenvalue weighted by Gasteiger charge is -2.38. The van der Waals surface area contributed by atoms with E-state index in [1.807, 2.05) is 0 Å². The molecule has 1 unspecified atom stereocenters. The first-order valence-electron chi connectivity index (χ1n) is 6.50. The number of hydrogen-bond acceptors (Lipinski definition) is 6. The summed E-state index contributed by atoms with van der Waals surface area (Å²) in [4.78, 5) is 25.5. The number of rotatable bonds is 6. The lowest BCUT2D eigenvalue weighted by Crippen LogP contribution is -2.56. The van der Waals surface area contributed by atoms with Crippen LogP contribution in [0.3, 0.4) is 0 Å². The van der Waals surface area contributed by atoms with E-state index < -0.39 is 40.1 Å². The molecule has 1 atom stereocenters. The van der Waals surface area contributed by atoms with Gasteiger partial charge in [-0.1, -0.05) is 0 Å². The number of aliphatic hydroxyl groups excluding tert-OH is 2. The van der Waals surface area contributed by atoms with Crippen LogP contribution < -0.4 is 0 Å². The number of amides is 2. The predicted molar refractivity (Wildman–Crippen MR) is 72.5 cm³/mol. The van der Waals surface area contributed by atoms with Crippen molar-refractivity contribution in [3.05, 3.63) is 0 Å². The Labute approximate surface area is 122 Å². The van der Waals surface area contributed by atoms with Crippen LogP contribution in [0.4, 0.5) is 4.79 Å². The molecule has 0 radical (unpaired) electrons. The third-order valence-electron chi connectivity index (χ3n) is 3.20. The molecule has 10 heteroatoms. The fourth-order valence-electron chi connectivity index (χ4n) is 2.24. The number of sulfone groups is 1. The highest BCUT2D eigenvalue weighted by atomic mass is 32.2. The first-order chi connectivity index (χ1) is 9.80. The number of aliphatic carboxylic acids is 1. The molecule has 1 saturated heterocycles. The molecule has 0 saturated carbocycles. The number of carboxylic acid groups (broad SMARTS) is 1. The second kappa shape index (κ2) is 7.57. The smallest absolute Gasteiger partial charge is 0.320 e. The van der Waals surface area contributed by atoms with Crippen molar-refractivity contribution in [2.75, 3.05) is 44.4 Å². The number of nitrogens with zero attached hydrogens (tertiary/aromatic N) is 2. The zero-order chi connectivity index (χ0) is 16.0. The van der Waals surface area contributed by atoms with Gasteiger partial charge in [0.05, 0.1) is 37.2 Å². The number of carbonyl (C=O) groups excluding carboxylic acids is 1. The van der Waals surface area contributed by atoms with Gasteiger partial charge in [-0.2, -0.15) is 0 Å². The van der Waals surface area contributed by atoms with E-state index in [0.29, 0.717) is 0 Å². The third kappa shape index (κ3) is 5.14. The van der Waals surface area contributed by atoms with Crippen molar-refractivity contribution < 1.29 is 33.3 Å². The molecule has 1 aliphatic heterocycles. The summed E-state index contributed by atoms with van der Waals surface area (Å²) in [5.41, 5.74) is 0. The highest BCUT2D eigenvalue weighted by Gasteiger charge is 2.36. The standard InChI is InChI=1S/C11H20N2O7S/c14-4-1-12(2-5-15)11(18)13-3-6-21(19,20)8-9(13)7-10(16)17/h9,14-15H,1-8H2,(H,16,17). The average molecular weight is 324 g/mol. The monoisotopic (exact) mass is 324 g/mol. The largest absolute Gasteiger partial charge is 0.481 e. The van der Waals surface area contributed by atoms with E-state index in [-0.39, 0.29) is 38.6 Å². The molecular weight excluding hydrogens is 304 g/mol. The minimum atomic E-state index is -3.37. The molecule has 0 aromatic heterocycles. The Kier molecular flexibility index (Phi) is 6.37. The van der Waals surface area contributed by atoms with Crippen LogP contribution in [0.2, 0.25) is 0 Å². The third-order valence-corrected chi connectivity index (χ3v) is 4.89. The Bertz CT molecular complexity index is 473. The van der Waals surface area contributed by atoms with Gasteiger partial charge in [-0.3, -0.25) is 4.79 Å². The summed E-state index contributed by atoms with van der Waals surface area (Å²) >= 11 is 0. The van der Waals surface area contributed by atoms with Crippen LogP contribution in [-0.4, -0.2) is 95.9 Å². The van der Waals surface area contributed by atoms with Crippen LogP contribution in [0.15, 0.2) is 0 Å². The first-order valence-corrected chi connectivity index (χ1v) is 8.32. The second-order valence-electron chi connectivity index (χ2n) is 4.78. The zero-order valence-electron chi connectivity index (χ0n) is 11.5. The molecule has 9 nitrogen and oxygen atoms in total. The summed E-state index contributed by atoms with van der Waals surface area (Å²) in [7, 11) is -3.37. The average Bonchev–Trinajstić information content (AvgIpc) is 2.36. The molecule has 0 bridgehead atoms. The van der Waals surface area contributed by atoms with E-state index in [1.165, 1.54) is 9.80 Å². The number of urea groups is 1. The van der Waals surface area contributed by atoms with E-state index in [1.54, 1.807) is 0 Å². The molecule has 0 aromatic carbocycles. The molecule has 21 heavy (non-hydrogen) atoms. The fourth-order valence-corrected chi connectivity index (χ4v) is 3.76. The van der Waals surface area contributed by atoms with Gasteiger partial charge < -0.3 is 25.1 Å². The lowest BCUT2D eigenvalue weighted by molar-refractivity contribution is -0.138. The molecule has 3 N–H and O–H groups in total. The summed E-state index contributed by atoms with van der Waals surface area (Å²) < 4.78 is 23.2. The van der Waals surface area contributed by atoms with Gasteiger partial charge in [0.15, 0.2) is 9.84 Å². The van der Waals surface area contributed by atoms with Gasteiger partial charge in [0.2, 0.25) is 0 Å². The molecule has 1 rings (SSSR count). The Morgan fingerprint density at radius 1 is 1.19 bits per heavy atom. The van der Waals surface area contributed by atoms with Crippen molar-refractivity contribution >= 4 is 21.8 Å². The molecule has 1 heterocycles. The molecule has 2 amide bonds.